The molecule has 0 spiro atoms. The van der Waals surface area contributed by atoms with Crippen LogP contribution in [0, 0.1) is 0 Å². The van der Waals surface area contributed by atoms with Crippen molar-refractivity contribution >= 4 is 55.8 Å². The second-order valence-electron chi connectivity index (χ2n) is 6.25. The third-order valence-electron chi connectivity index (χ3n) is 4.31. The Morgan fingerprint density at radius 1 is 1.14 bits per heavy atom. The summed E-state index contributed by atoms with van der Waals surface area (Å²) in [5.74, 6) is -1.04. The number of carbonyl (C=O) groups is 3. The Morgan fingerprint density at radius 2 is 1.96 bits per heavy atom. The zero-order valence-corrected chi connectivity index (χ0v) is 16.3. The van der Waals surface area contributed by atoms with Crippen molar-refractivity contribution in [3.05, 3.63) is 40.5 Å². The monoisotopic (exact) mass is 416 g/mol. The summed E-state index contributed by atoms with van der Waals surface area (Å²) < 4.78 is 6.08. The molecule has 0 bridgehead atoms. The van der Waals surface area contributed by atoms with E-state index in [-0.39, 0.29) is 16.7 Å². The van der Waals surface area contributed by atoms with E-state index in [0.717, 1.165) is 30.4 Å². The topological polar surface area (TPSA) is 110 Å². The fourth-order valence-corrected chi connectivity index (χ4v) is 4.57. The Morgan fingerprint density at radius 3 is 2.75 bits per heavy atom. The molecule has 0 aromatic carbocycles. The lowest BCUT2D eigenvalue weighted by Crippen LogP contribution is -2.33. The van der Waals surface area contributed by atoms with Gasteiger partial charge >= 0.3 is 6.09 Å². The average molecular weight is 416 g/mol. The van der Waals surface area contributed by atoms with Crippen LogP contribution in [0.2, 0.25) is 0 Å². The number of amides is 3. The van der Waals surface area contributed by atoms with Gasteiger partial charge in [-0.1, -0.05) is 0 Å². The van der Waals surface area contributed by atoms with Gasteiger partial charge in [-0.25, -0.2) is 9.78 Å². The molecule has 3 heterocycles. The fourth-order valence-electron chi connectivity index (χ4n) is 2.97. The molecule has 4 rings (SSSR count). The van der Waals surface area contributed by atoms with Gasteiger partial charge in [-0.15, -0.1) is 22.7 Å². The number of anilines is 1. The SMILES string of the molecule is O=C(NC(=O)c1ccsc1NC(=O)c1nc2cnccc2s1)OC1CCCC1. The van der Waals surface area contributed by atoms with E-state index < -0.39 is 17.9 Å². The van der Waals surface area contributed by atoms with Crippen molar-refractivity contribution in [2.45, 2.75) is 31.8 Å². The van der Waals surface area contributed by atoms with Crippen molar-refractivity contribution < 1.29 is 19.1 Å². The van der Waals surface area contributed by atoms with Crippen molar-refractivity contribution in [3.63, 3.8) is 0 Å². The molecule has 0 atom stereocenters. The van der Waals surface area contributed by atoms with Gasteiger partial charge in [0.15, 0.2) is 5.01 Å². The summed E-state index contributed by atoms with van der Waals surface area (Å²) in [5, 5.41) is 7.18. The number of nitrogens with one attached hydrogen (secondary N) is 2. The molecule has 3 aromatic heterocycles. The third kappa shape index (κ3) is 4.02. The van der Waals surface area contributed by atoms with Gasteiger partial charge < -0.3 is 10.1 Å². The standard InChI is InChI=1S/C18H16N4O4S2/c23-14(22-18(25)26-10-3-1-2-4-10)11-6-8-27-16(11)21-15(24)17-20-12-9-19-7-5-13(12)28-17/h5-10H,1-4H2,(H,21,24)(H,22,23,25). The highest BCUT2D eigenvalue weighted by Crippen LogP contribution is 2.26. The molecule has 3 aromatic rings. The van der Waals surface area contributed by atoms with Gasteiger partial charge in [0, 0.05) is 6.20 Å². The second kappa shape index (κ2) is 8.03. The lowest BCUT2D eigenvalue weighted by Gasteiger charge is -2.11. The number of carbonyl (C=O) groups excluding carboxylic acids is 3. The first-order valence-corrected chi connectivity index (χ1v) is 10.4. The Hall–Kier alpha value is -2.85. The van der Waals surface area contributed by atoms with Crippen molar-refractivity contribution in [3.8, 4) is 0 Å². The van der Waals surface area contributed by atoms with Crippen LogP contribution in [0.1, 0.15) is 45.8 Å². The molecule has 0 unspecified atom stereocenters. The summed E-state index contributed by atoms with van der Waals surface area (Å²) in [6, 6.07) is 3.32. The summed E-state index contributed by atoms with van der Waals surface area (Å²) in [6.07, 6.45) is 6.00. The van der Waals surface area contributed by atoms with Crippen molar-refractivity contribution in [1.82, 2.24) is 15.3 Å². The minimum atomic E-state index is -0.765. The van der Waals surface area contributed by atoms with Crippen LogP contribution in [0.4, 0.5) is 9.80 Å². The Labute approximate surface area is 168 Å². The molecule has 8 nitrogen and oxygen atoms in total. The van der Waals surface area contributed by atoms with Crippen molar-refractivity contribution in [2.75, 3.05) is 5.32 Å². The zero-order chi connectivity index (χ0) is 19.5. The quantitative estimate of drug-likeness (QED) is 0.669. The second-order valence-corrected chi connectivity index (χ2v) is 8.19. The van der Waals surface area contributed by atoms with Gasteiger partial charge in [-0.05, 0) is 43.2 Å². The number of rotatable bonds is 4. The van der Waals surface area contributed by atoms with Crippen LogP contribution in [0.3, 0.4) is 0 Å². The molecule has 0 aliphatic heterocycles. The number of thiophene rings is 1. The molecule has 28 heavy (non-hydrogen) atoms. The van der Waals surface area contributed by atoms with Gasteiger partial charge in [0.25, 0.3) is 11.8 Å². The number of pyridine rings is 1. The van der Waals surface area contributed by atoms with Crippen LogP contribution < -0.4 is 10.6 Å². The predicted molar refractivity (Wildman–Crippen MR) is 106 cm³/mol. The van der Waals surface area contributed by atoms with Gasteiger partial charge in [0.05, 0.1) is 16.5 Å². The van der Waals surface area contributed by atoms with Crippen molar-refractivity contribution in [1.29, 1.82) is 0 Å². The molecule has 1 fully saturated rings. The summed E-state index contributed by atoms with van der Waals surface area (Å²) in [6.45, 7) is 0. The van der Waals surface area contributed by atoms with Crippen LogP contribution in [-0.4, -0.2) is 34.0 Å². The lowest BCUT2D eigenvalue weighted by atomic mass is 10.3. The number of alkyl carbamates (subject to hydrolysis) is 1. The number of hydrogen-bond acceptors (Lipinski definition) is 8. The highest BCUT2D eigenvalue weighted by atomic mass is 32.1. The van der Waals surface area contributed by atoms with E-state index >= 15 is 0 Å². The number of fused-ring (bicyclic) bond motifs is 1. The van der Waals surface area contributed by atoms with E-state index in [0.29, 0.717) is 10.5 Å². The Kier molecular flexibility index (Phi) is 5.31. The van der Waals surface area contributed by atoms with Crippen LogP contribution in [0.25, 0.3) is 10.2 Å². The van der Waals surface area contributed by atoms with E-state index in [1.807, 2.05) is 0 Å². The first-order valence-electron chi connectivity index (χ1n) is 8.71. The maximum absolute atomic E-state index is 12.5. The highest BCUT2D eigenvalue weighted by Gasteiger charge is 2.23. The summed E-state index contributed by atoms with van der Waals surface area (Å²) in [4.78, 5) is 45.0. The number of hydrogen-bond donors (Lipinski definition) is 2. The van der Waals surface area contributed by atoms with Gasteiger partial charge in [0.1, 0.15) is 16.6 Å². The minimum Gasteiger partial charge on any atom is -0.446 e. The molecule has 3 amide bonds. The summed E-state index contributed by atoms with van der Waals surface area (Å²) in [7, 11) is 0. The molecule has 1 aliphatic carbocycles. The van der Waals surface area contributed by atoms with Gasteiger partial charge in [-0.2, -0.15) is 0 Å². The van der Waals surface area contributed by atoms with Crippen LogP contribution >= 0.6 is 22.7 Å². The molecular formula is C18H16N4O4S2. The normalized spacial score (nSPS) is 14.1. The molecule has 144 valence electrons. The maximum Gasteiger partial charge on any atom is 0.414 e. The first kappa shape index (κ1) is 18.5. The van der Waals surface area contributed by atoms with E-state index in [1.165, 1.54) is 22.7 Å². The van der Waals surface area contributed by atoms with Crippen molar-refractivity contribution in [2.24, 2.45) is 0 Å². The predicted octanol–water partition coefficient (Wildman–Crippen LogP) is 3.81. The van der Waals surface area contributed by atoms with Crippen LogP contribution in [-0.2, 0) is 4.74 Å². The maximum atomic E-state index is 12.5. The molecule has 0 saturated heterocycles. The average Bonchev–Trinajstić information content (AvgIpc) is 3.41. The van der Waals surface area contributed by atoms with E-state index in [4.69, 9.17) is 4.74 Å². The van der Waals surface area contributed by atoms with E-state index in [2.05, 4.69) is 20.6 Å². The third-order valence-corrected chi connectivity index (χ3v) is 6.18. The number of nitrogens with zero attached hydrogens (tertiary/aromatic N) is 2. The zero-order valence-electron chi connectivity index (χ0n) is 14.6. The molecular weight excluding hydrogens is 400 g/mol. The van der Waals surface area contributed by atoms with E-state index in [9.17, 15) is 14.4 Å². The largest absolute Gasteiger partial charge is 0.446 e. The number of imide groups is 1. The lowest BCUT2D eigenvalue weighted by molar-refractivity contribution is 0.0834. The molecule has 10 heteroatoms. The minimum absolute atomic E-state index is 0.136. The van der Waals surface area contributed by atoms with Crippen LogP contribution in [0.15, 0.2) is 29.9 Å². The van der Waals surface area contributed by atoms with E-state index in [1.54, 1.807) is 29.9 Å². The fraction of sp³-hybridized carbons (Fsp3) is 0.278. The summed E-state index contributed by atoms with van der Waals surface area (Å²) >= 11 is 2.42. The highest BCUT2D eigenvalue weighted by molar-refractivity contribution is 7.20. The molecule has 0 radical (unpaired) electrons. The number of aromatic nitrogens is 2. The first-order chi connectivity index (χ1) is 13.6. The molecule has 1 saturated carbocycles. The molecule has 1 aliphatic rings. The Bertz CT molecular complexity index is 1010. The molecule has 2 N–H and O–H groups in total. The van der Waals surface area contributed by atoms with Crippen LogP contribution in [0.5, 0.6) is 0 Å². The number of thiazole rings is 1. The Balaban J connectivity index is 1.42. The number of ether oxygens (including phenoxy) is 1. The smallest absolute Gasteiger partial charge is 0.414 e. The summed E-state index contributed by atoms with van der Waals surface area (Å²) in [5.41, 5.74) is 0.834. The van der Waals surface area contributed by atoms with Gasteiger partial charge in [0.2, 0.25) is 0 Å². The van der Waals surface area contributed by atoms with Gasteiger partial charge in [-0.3, -0.25) is 19.9 Å².